The summed E-state index contributed by atoms with van der Waals surface area (Å²) in [5, 5.41) is 0. The molecule has 0 unspecified atom stereocenters. The van der Waals surface area contributed by atoms with E-state index < -0.39 is 12.0 Å². The average Bonchev–Trinajstić information content (AvgIpc) is 3.34. The summed E-state index contributed by atoms with van der Waals surface area (Å²) >= 11 is 0. The highest BCUT2D eigenvalue weighted by Gasteiger charge is 2.56. The van der Waals surface area contributed by atoms with Gasteiger partial charge in [0.2, 0.25) is 0 Å². The number of nitrogen functional groups attached to an aromatic ring is 1. The van der Waals surface area contributed by atoms with Gasteiger partial charge in [-0.2, -0.15) is 0 Å². The first-order valence-electron chi connectivity index (χ1n) is 10.8. The number of hydrogen-bond donors (Lipinski definition) is 2. The van der Waals surface area contributed by atoms with E-state index >= 15 is 0 Å². The Kier molecular flexibility index (Phi) is 6.21. The minimum atomic E-state index is -0.680. The van der Waals surface area contributed by atoms with Crippen LogP contribution in [0.1, 0.15) is 46.3 Å². The average molecular weight is 420 g/mol. The van der Waals surface area contributed by atoms with E-state index in [1.807, 2.05) is 18.4 Å². The summed E-state index contributed by atoms with van der Waals surface area (Å²) in [6.07, 6.45) is 5.65. The molecule has 4 N–H and O–H groups in total. The van der Waals surface area contributed by atoms with Gasteiger partial charge in [0.15, 0.2) is 23.5 Å². The van der Waals surface area contributed by atoms with Crippen molar-refractivity contribution >= 4 is 17.0 Å². The van der Waals surface area contributed by atoms with Crippen molar-refractivity contribution in [3.05, 3.63) is 12.7 Å². The first kappa shape index (κ1) is 21.4. The fourth-order valence-corrected chi connectivity index (χ4v) is 4.40. The second-order valence-electron chi connectivity index (χ2n) is 8.51. The van der Waals surface area contributed by atoms with Crippen molar-refractivity contribution < 1.29 is 14.2 Å². The van der Waals surface area contributed by atoms with Crippen LogP contribution in [0.2, 0.25) is 0 Å². The second-order valence-corrected chi connectivity index (χ2v) is 8.51. The number of imidazole rings is 1. The second kappa shape index (κ2) is 8.72. The molecule has 10 nitrogen and oxygen atoms in total. The molecule has 2 aliphatic heterocycles. The van der Waals surface area contributed by atoms with Gasteiger partial charge in [0.25, 0.3) is 0 Å². The van der Waals surface area contributed by atoms with Crippen LogP contribution in [0, 0.1) is 0 Å². The van der Waals surface area contributed by atoms with E-state index in [2.05, 4.69) is 26.8 Å². The SMILES string of the molecule is CCCCCN(CCN)C[C@H]1O[C@@H](n2cnc3c(N)ncnc32)[C@@H]2OC(C)(C)O[C@@H]21. The van der Waals surface area contributed by atoms with Gasteiger partial charge in [-0.25, -0.2) is 15.0 Å². The molecule has 2 aromatic rings. The van der Waals surface area contributed by atoms with E-state index in [4.69, 9.17) is 25.7 Å². The van der Waals surface area contributed by atoms with Gasteiger partial charge in [-0.3, -0.25) is 9.47 Å². The van der Waals surface area contributed by atoms with Crippen molar-refractivity contribution in [1.29, 1.82) is 0 Å². The van der Waals surface area contributed by atoms with E-state index in [9.17, 15) is 0 Å². The van der Waals surface area contributed by atoms with Crippen LogP contribution in [-0.2, 0) is 14.2 Å². The van der Waals surface area contributed by atoms with Crippen LogP contribution < -0.4 is 11.5 Å². The highest BCUT2D eigenvalue weighted by Crippen LogP contribution is 2.44. The van der Waals surface area contributed by atoms with Crippen LogP contribution in [0.5, 0.6) is 0 Å². The standard InChI is InChI=1S/C20H33N7O3/c1-4-5-6-8-26(9-7-21)10-13-15-16(30-20(2,3)29-15)19(28-13)27-12-25-14-17(22)23-11-24-18(14)27/h11-13,15-16,19H,4-10,21H2,1-3H3,(H2,22,23,24)/t13-,15-,16-,19-/m1/s1. The van der Waals surface area contributed by atoms with Crippen molar-refractivity contribution in [2.45, 2.75) is 70.4 Å². The summed E-state index contributed by atoms with van der Waals surface area (Å²) < 4.78 is 20.9. The molecule has 0 aromatic carbocycles. The first-order chi connectivity index (χ1) is 14.4. The number of nitrogens with zero attached hydrogens (tertiary/aromatic N) is 5. The third-order valence-electron chi connectivity index (χ3n) is 5.75. The Labute approximate surface area is 176 Å². The van der Waals surface area contributed by atoms with Gasteiger partial charge >= 0.3 is 0 Å². The molecule has 2 saturated heterocycles. The molecule has 166 valence electrons. The summed E-state index contributed by atoms with van der Waals surface area (Å²) in [6, 6.07) is 0. The molecule has 0 bridgehead atoms. The molecule has 0 amide bonds. The highest BCUT2D eigenvalue weighted by atomic mass is 16.8. The van der Waals surface area contributed by atoms with E-state index in [1.54, 1.807) is 6.33 Å². The maximum absolute atomic E-state index is 6.49. The largest absolute Gasteiger partial charge is 0.382 e. The normalized spacial score (nSPS) is 27.9. The predicted molar refractivity (Wildman–Crippen MR) is 112 cm³/mol. The Hall–Kier alpha value is -1.85. The van der Waals surface area contributed by atoms with Crippen molar-refractivity contribution in [2.24, 2.45) is 5.73 Å². The molecule has 2 fully saturated rings. The number of hydrogen-bond acceptors (Lipinski definition) is 9. The van der Waals surface area contributed by atoms with Crippen LogP contribution in [-0.4, -0.2) is 74.7 Å². The minimum absolute atomic E-state index is 0.147. The predicted octanol–water partition coefficient (Wildman–Crippen LogP) is 1.28. The van der Waals surface area contributed by atoms with E-state index in [0.29, 0.717) is 23.5 Å². The lowest BCUT2D eigenvalue weighted by molar-refractivity contribution is -0.198. The Balaban J connectivity index is 1.58. The van der Waals surface area contributed by atoms with Crippen molar-refractivity contribution in [3.63, 3.8) is 0 Å². The fourth-order valence-electron chi connectivity index (χ4n) is 4.40. The van der Waals surface area contributed by atoms with Gasteiger partial charge in [-0.1, -0.05) is 19.8 Å². The van der Waals surface area contributed by atoms with E-state index in [1.165, 1.54) is 19.2 Å². The quantitative estimate of drug-likeness (QED) is 0.578. The van der Waals surface area contributed by atoms with Crippen molar-refractivity contribution in [2.75, 3.05) is 31.9 Å². The lowest BCUT2D eigenvalue weighted by Crippen LogP contribution is -2.42. The molecule has 10 heteroatoms. The molecular weight excluding hydrogens is 386 g/mol. The van der Waals surface area contributed by atoms with Gasteiger partial charge in [0.1, 0.15) is 30.2 Å². The van der Waals surface area contributed by atoms with Gasteiger partial charge in [-0.15, -0.1) is 0 Å². The molecule has 4 atom stereocenters. The molecule has 2 aromatic heterocycles. The minimum Gasteiger partial charge on any atom is -0.382 e. The Bertz CT molecular complexity index is 858. The topological polar surface area (TPSA) is 127 Å². The summed E-state index contributed by atoms with van der Waals surface area (Å²) in [5.41, 5.74) is 13.0. The van der Waals surface area contributed by atoms with E-state index in [-0.39, 0.29) is 18.3 Å². The Morgan fingerprint density at radius 2 is 1.93 bits per heavy atom. The Morgan fingerprint density at radius 3 is 2.70 bits per heavy atom. The lowest BCUT2D eigenvalue weighted by Gasteiger charge is -2.28. The van der Waals surface area contributed by atoms with Gasteiger partial charge in [0.05, 0.1) is 6.33 Å². The van der Waals surface area contributed by atoms with Gasteiger partial charge < -0.3 is 25.7 Å². The number of nitrogens with two attached hydrogens (primary N) is 2. The van der Waals surface area contributed by atoms with Crippen LogP contribution in [0.4, 0.5) is 5.82 Å². The number of aromatic nitrogens is 4. The molecule has 0 saturated carbocycles. The monoisotopic (exact) mass is 419 g/mol. The maximum Gasteiger partial charge on any atom is 0.167 e. The smallest absolute Gasteiger partial charge is 0.167 e. The molecule has 0 spiro atoms. The summed E-state index contributed by atoms with van der Waals surface area (Å²) in [7, 11) is 0. The van der Waals surface area contributed by atoms with Crippen LogP contribution in [0.15, 0.2) is 12.7 Å². The number of fused-ring (bicyclic) bond motifs is 2. The molecule has 0 radical (unpaired) electrons. The highest BCUT2D eigenvalue weighted by molar-refractivity contribution is 5.81. The summed E-state index contributed by atoms with van der Waals surface area (Å²) in [5.74, 6) is -0.334. The fraction of sp³-hybridized carbons (Fsp3) is 0.750. The third-order valence-corrected chi connectivity index (χ3v) is 5.75. The molecular formula is C20H33N7O3. The molecule has 4 heterocycles. The maximum atomic E-state index is 6.49. The van der Waals surface area contributed by atoms with Crippen LogP contribution >= 0.6 is 0 Å². The molecule has 4 rings (SSSR count). The zero-order valence-corrected chi connectivity index (χ0v) is 18.0. The third kappa shape index (κ3) is 4.15. The van der Waals surface area contributed by atoms with Gasteiger partial charge in [0, 0.05) is 19.6 Å². The lowest BCUT2D eigenvalue weighted by atomic mass is 10.1. The number of anilines is 1. The Morgan fingerprint density at radius 1 is 1.13 bits per heavy atom. The van der Waals surface area contributed by atoms with Gasteiger partial charge in [-0.05, 0) is 26.8 Å². The van der Waals surface area contributed by atoms with Crippen molar-refractivity contribution in [1.82, 2.24) is 24.4 Å². The zero-order chi connectivity index (χ0) is 21.3. The first-order valence-corrected chi connectivity index (χ1v) is 10.8. The zero-order valence-electron chi connectivity index (χ0n) is 18.0. The molecule has 30 heavy (non-hydrogen) atoms. The van der Waals surface area contributed by atoms with Crippen LogP contribution in [0.3, 0.4) is 0 Å². The summed E-state index contributed by atoms with van der Waals surface area (Å²) in [6.45, 7) is 9.25. The molecule has 2 aliphatic rings. The number of ether oxygens (including phenoxy) is 3. The van der Waals surface area contributed by atoms with E-state index in [0.717, 1.165) is 26.1 Å². The number of rotatable bonds is 9. The number of unbranched alkanes of at least 4 members (excludes halogenated alkanes) is 2. The summed E-state index contributed by atoms with van der Waals surface area (Å²) in [4.78, 5) is 15.1. The van der Waals surface area contributed by atoms with Crippen LogP contribution in [0.25, 0.3) is 11.2 Å². The van der Waals surface area contributed by atoms with Crippen molar-refractivity contribution in [3.8, 4) is 0 Å². The molecule has 0 aliphatic carbocycles.